The van der Waals surface area contributed by atoms with Crippen LogP contribution in [0.4, 0.5) is 4.79 Å². The molecule has 0 spiro atoms. The summed E-state index contributed by atoms with van der Waals surface area (Å²) < 4.78 is 5.02. The third kappa shape index (κ3) is 4.38. The van der Waals surface area contributed by atoms with E-state index in [-0.39, 0.29) is 24.5 Å². The summed E-state index contributed by atoms with van der Waals surface area (Å²) >= 11 is 0. The zero-order chi connectivity index (χ0) is 14.4. The van der Waals surface area contributed by atoms with Crippen molar-refractivity contribution in [3.8, 4) is 0 Å². The minimum atomic E-state index is -0.849. The molecule has 1 N–H and O–H groups in total. The van der Waals surface area contributed by atoms with Crippen molar-refractivity contribution in [1.82, 2.24) is 9.80 Å². The van der Waals surface area contributed by atoms with E-state index in [1.807, 2.05) is 13.8 Å². The number of carbonyl (C=O) groups excluding carboxylic acids is 1. The normalized spacial score (nSPS) is 18.9. The number of amides is 2. The second kappa shape index (κ2) is 7.33. The number of carboxylic acid groups (broad SMARTS) is 1. The molecule has 1 heterocycles. The summed E-state index contributed by atoms with van der Waals surface area (Å²) in [4.78, 5) is 26.8. The molecule has 2 amide bonds. The van der Waals surface area contributed by atoms with Crippen molar-refractivity contribution in [2.45, 2.75) is 45.2 Å². The maximum absolute atomic E-state index is 12.5. The number of urea groups is 1. The van der Waals surface area contributed by atoms with Crippen molar-refractivity contribution in [2.24, 2.45) is 0 Å². The highest BCUT2D eigenvalue weighted by Gasteiger charge is 2.33. The Balaban J connectivity index is 2.69. The standard InChI is InChI=1S/C13H24N2O4/c1-10(2)14(7-8-19-3)13(18)15-6-4-5-11(15)9-12(16)17/h10-11H,4-9H2,1-3H3,(H,16,17). The van der Waals surface area contributed by atoms with Crippen LogP contribution in [0.25, 0.3) is 0 Å². The third-order valence-electron chi connectivity index (χ3n) is 3.44. The largest absolute Gasteiger partial charge is 0.481 e. The van der Waals surface area contributed by atoms with Gasteiger partial charge in [0.25, 0.3) is 0 Å². The van der Waals surface area contributed by atoms with E-state index in [1.54, 1.807) is 16.9 Å². The molecule has 1 atom stereocenters. The van der Waals surface area contributed by atoms with Gasteiger partial charge in [0.1, 0.15) is 0 Å². The molecule has 1 aliphatic heterocycles. The Morgan fingerprint density at radius 1 is 1.47 bits per heavy atom. The molecule has 1 fully saturated rings. The van der Waals surface area contributed by atoms with E-state index in [1.165, 1.54) is 0 Å². The van der Waals surface area contributed by atoms with Crippen molar-refractivity contribution >= 4 is 12.0 Å². The summed E-state index contributed by atoms with van der Waals surface area (Å²) in [6.07, 6.45) is 1.68. The average molecular weight is 272 g/mol. The minimum absolute atomic E-state index is 0.0297. The predicted molar refractivity (Wildman–Crippen MR) is 71.1 cm³/mol. The summed E-state index contributed by atoms with van der Waals surface area (Å²) in [6, 6.07) is -0.168. The molecule has 1 saturated heterocycles. The lowest BCUT2D eigenvalue weighted by Crippen LogP contribution is -2.49. The summed E-state index contributed by atoms with van der Waals surface area (Å²) in [6.45, 7) is 5.57. The molecule has 6 heteroatoms. The maximum atomic E-state index is 12.5. The number of rotatable bonds is 6. The predicted octanol–water partition coefficient (Wildman–Crippen LogP) is 1.40. The topological polar surface area (TPSA) is 70.1 Å². The van der Waals surface area contributed by atoms with E-state index >= 15 is 0 Å². The van der Waals surface area contributed by atoms with Gasteiger partial charge in [-0.2, -0.15) is 0 Å². The molecule has 110 valence electrons. The zero-order valence-corrected chi connectivity index (χ0v) is 12.0. The van der Waals surface area contributed by atoms with E-state index < -0.39 is 5.97 Å². The molecule has 1 unspecified atom stereocenters. The molecule has 0 saturated carbocycles. The summed E-state index contributed by atoms with van der Waals surface area (Å²) in [5.74, 6) is -0.849. The molecule has 0 aromatic heterocycles. The summed E-state index contributed by atoms with van der Waals surface area (Å²) in [7, 11) is 1.60. The number of aliphatic carboxylic acids is 1. The molecule has 0 aromatic carbocycles. The fraction of sp³-hybridized carbons (Fsp3) is 0.846. The van der Waals surface area contributed by atoms with Crippen LogP contribution in [-0.2, 0) is 9.53 Å². The van der Waals surface area contributed by atoms with Crippen LogP contribution >= 0.6 is 0 Å². The summed E-state index contributed by atoms with van der Waals surface area (Å²) in [5.41, 5.74) is 0. The highest BCUT2D eigenvalue weighted by atomic mass is 16.5. The van der Waals surface area contributed by atoms with E-state index in [4.69, 9.17) is 9.84 Å². The van der Waals surface area contributed by atoms with Crippen LogP contribution in [0.2, 0.25) is 0 Å². The number of carbonyl (C=O) groups is 2. The average Bonchev–Trinajstić information content (AvgIpc) is 2.76. The van der Waals surface area contributed by atoms with Gasteiger partial charge in [0.15, 0.2) is 0 Å². The lowest BCUT2D eigenvalue weighted by Gasteiger charge is -2.33. The minimum Gasteiger partial charge on any atom is -0.481 e. The molecule has 19 heavy (non-hydrogen) atoms. The van der Waals surface area contributed by atoms with Gasteiger partial charge in [0.2, 0.25) is 0 Å². The van der Waals surface area contributed by atoms with Gasteiger partial charge in [0, 0.05) is 32.3 Å². The quantitative estimate of drug-likeness (QED) is 0.793. The number of hydrogen-bond donors (Lipinski definition) is 1. The molecule has 1 aliphatic rings. The van der Waals surface area contributed by atoms with E-state index in [0.717, 1.165) is 12.8 Å². The van der Waals surface area contributed by atoms with Crippen molar-refractivity contribution in [3.05, 3.63) is 0 Å². The first-order chi connectivity index (χ1) is 8.97. The van der Waals surface area contributed by atoms with Gasteiger partial charge >= 0.3 is 12.0 Å². The zero-order valence-electron chi connectivity index (χ0n) is 12.0. The van der Waals surface area contributed by atoms with Crippen LogP contribution in [0.1, 0.15) is 33.1 Å². The van der Waals surface area contributed by atoms with Crippen LogP contribution in [-0.4, -0.2) is 65.8 Å². The van der Waals surface area contributed by atoms with Crippen molar-refractivity contribution in [2.75, 3.05) is 26.8 Å². The molecule has 0 bridgehead atoms. The lowest BCUT2D eigenvalue weighted by atomic mass is 10.1. The lowest BCUT2D eigenvalue weighted by molar-refractivity contribution is -0.138. The molecular formula is C13H24N2O4. The van der Waals surface area contributed by atoms with Crippen LogP contribution < -0.4 is 0 Å². The van der Waals surface area contributed by atoms with Gasteiger partial charge < -0.3 is 19.6 Å². The van der Waals surface area contributed by atoms with Gasteiger partial charge in [-0.05, 0) is 26.7 Å². The Bertz CT molecular complexity index is 320. The Morgan fingerprint density at radius 3 is 2.68 bits per heavy atom. The molecule has 0 aliphatic carbocycles. The number of nitrogens with zero attached hydrogens (tertiary/aromatic N) is 2. The molecular weight excluding hydrogens is 248 g/mol. The van der Waals surface area contributed by atoms with Gasteiger partial charge in [-0.15, -0.1) is 0 Å². The van der Waals surface area contributed by atoms with Gasteiger partial charge in [-0.25, -0.2) is 4.79 Å². The third-order valence-corrected chi connectivity index (χ3v) is 3.44. The van der Waals surface area contributed by atoms with Crippen LogP contribution in [0.3, 0.4) is 0 Å². The monoisotopic (exact) mass is 272 g/mol. The second-order valence-electron chi connectivity index (χ2n) is 5.15. The van der Waals surface area contributed by atoms with Crippen molar-refractivity contribution < 1.29 is 19.4 Å². The fourth-order valence-electron chi connectivity index (χ4n) is 2.43. The van der Waals surface area contributed by atoms with Crippen molar-refractivity contribution in [1.29, 1.82) is 0 Å². The number of carboxylic acids is 1. The number of hydrogen-bond acceptors (Lipinski definition) is 3. The molecule has 0 aromatic rings. The van der Waals surface area contributed by atoms with E-state index in [9.17, 15) is 9.59 Å². The first-order valence-corrected chi connectivity index (χ1v) is 6.75. The van der Waals surface area contributed by atoms with Gasteiger partial charge in [-0.1, -0.05) is 0 Å². The highest BCUT2D eigenvalue weighted by molar-refractivity contribution is 5.76. The van der Waals surface area contributed by atoms with Gasteiger partial charge in [-0.3, -0.25) is 4.79 Å². The molecule has 1 rings (SSSR count). The number of methoxy groups -OCH3 is 1. The van der Waals surface area contributed by atoms with E-state index in [0.29, 0.717) is 19.7 Å². The highest BCUT2D eigenvalue weighted by Crippen LogP contribution is 2.22. The van der Waals surface area contributed by atoms with Crippen LogP contribution in [0.5, 0.6) is 0 Å². The van der Waals surface area contributed by atoms with Gasteiger partial charge in [0.05, 0.1) is 13.0 Å². The number of ether oxygens (including phenoxy) is 1. The smallest absolute Gasteiger partial charge is 0.320 e. The van der Waals surface area contributed by atoms with E-state index in [2.05, 4.69) is 0 Å². The first kappa shape index (κ1) is 15.8. The Morgan fingerprint density at radius 2 is 2.16 bits per heavy atom. The summed E-state index contributed by atoms with van der Waals surface area (Å²) in [5, 5.41) is 8.89. The molecule has 6 nitrogen and oxygen atoms in total. The SMILES string of the molecule is COCCN(C(=O)N1CCCC1CC(=O)O)C(C)C. The Kier molecular flexibility index (Phi) is 6.08. The Hall–Kier alpha value is -1.30. The molecule has 0 radical (unpaired) electrons. The number of likely N-dealkylation sites (tertiary alicyclic amines) is 1. The first-order valence-electron chi connectivity index (χ1n) is 6.75. The van der Waals surface area contributed by atoms with Crippen LogP contribution in [0.15, 0.2) is 0 Å². The van der Waals surface area contributed by atoms with Crippen LogP contribution in [0, 0.1) is 0 Å². The van der Waals surface area contributed by atoms with Crippen molar-refractivity contribution in [3.63, 3.8) is 0 Å². The maximum Gasteiger partial charge on any atom is 0.320 e. The second-order valence-corrected chi connectivity index (χ2v) is 5.15. The fourth-order valence-corrected chi connectivity index (χ4v) is 2.43. The Labute approximate surface area is 114 Å².